The van der Waals surface area contributed by atoms with Gasteiger partial charge in [0.1, 0.15) is 5.69 Å². The van der Waals surface area contributed by atoms with Gasteiger partial charge in [-0.3, -0.25) is 4.79 Å². The Morgan fingerprint density at radius 1 is 1.60 bits per heavy atom. The molecule has 0 amide bonds. The van der Waals surface area contributed by atoms with E-state index in [-0.39, 0.29) is 5.78 Å². The van der Waals surface area contributed by atoms with Crippen molar-refractivity contribution in [2.24, 2.45) is 7.05 Å². The van der Waals surface area contributed by atoms with Gasteiger partial charge in [0.2, 0.25) is 5.78 Å². The molecule has 3 nitrogen and oxygen atoms in total. The van der Waals surface area contributed by atoms with E-state index < -0.39 is 0 Å². The van der Waals surface area contributed by atoms with Crippen molar-refractivity contribution < 1.29 is 4.79 Å². The molecule has 0 radical (unpaired) electrons. The number of nitrogens with zero attached hydrogens (tertiary/aromatic N) is 2. The van der Waals surface area contributed by atoms with E-state index in [1.54, 1.807) is 17.1 Å². The molecule has 0 saturated heterocycles. The lowest BCUT2D eigenvalue weighted by atomic mass is 10.2. The highest BCUT2D eigenvalue weighted by molar-refractivity contribution is 7.13. The Bertz CT molecular complexity index is 515. The number of thiophene rings is 1. The molecule has 0 N–H and O–H groups in total. The summed E-state index contributed by atoms with van der Waals surface area (Å²) in [5.74, 6) is -0.112. The van der Waals surface area contributed by atoms with Gasteiger partial charge in [0.05, 0.1) is 16.2 Å². The van der Waals surface area contributed by atoms with E-state index in [0.29, 0.717) is 15.6 Å². The number of hydrogen-bond donors (Lipinski definition) is 0. The molecule has 0 spiro atoms. The molecular weight excluding hydrogens is 232 g/mol. The monoisotopic (exact) mass is 240 g/mol. The minimum absolute atomic E-state index is 0.112. The summed E-state index contributed by atoms with van der Waals surface area (Å²) in [6.07, 6.45) is 3.29. The minimum Gasteiger partial charge on any atom is -0.340 e. The first kappa shape index (κ1) is 10.4. The molecule has 0 bridgehead atoms. The number of halogens is 1. The van der Waals surface area contributed by atoms with Gasteiger partial charge in [0.15, 0.2) is 0 Å². The Morgan fingerprint density at radius 2 is 2.33 bits per heavy atom. The first-order chi connectivity index (χ1) is 7.09. The van der Waals surface area contributed by atoms with Crippen LogP contribution in [0, 0.1) is 6.92 Å². The first-order valence-corrected chi connectivity index (χ1v) is 5.61. The Hall–Kier alpha value is -1.13. The molecule has 0 fully saturated rings. The van der Waals surface area contributed by atoms with E-state index in [1.165, 1.54) is 11.3 Å². The molecule has 0 unspecified atom stereocenters. The zero-order chi connectivity index (χ0) is 11.0. The lowest BCUT2D eigenvalue weighted by Crippen LogP contribution is -1.99. The molecule has 2 aromatic heterocycles. The van der Waals surface area contributed by atoms with Gasteiger partial charge in [-0.2, -0.15) is 0 Å². The third-order valence-electron chi connectivity index (χ3n) is 2.04. The normalized spacial score (nSPS) is 10.6. The van der Waals surface area contributed by atoms with Crippen LogP contribution in [0.5, 0.6) is 0 Å². The Balaban J connectivity index is 2.41. The molecule has 5 heteroatoms. The van der Waals surface area contributed by atoms with E-state index in [1.807, 2.05) is 19.4 Å². The van der Waals surface area contributed by atoms with Crippen molar-refractivity contribution in [1.82, 2.24) is 9.55 Å². The summed E-state index contributed by atoms with van der Waals surface area (Å²) in [4.78, 5) is 16.5. The fourth-order valence-corrected chi connectivity index (χ4v) is 2.46. The molecule has 2 heterocycles. The summed E-state index contributed by atoms with van der Waals surface area (Å²) in [7, 11) is 1.82. The number of ketones is 1. The first-order valence-electron chi connectivity index (χ1n) is 4.36. The van der Waals surface area contributed by atoms with E-state index in [0.717, 1.165) is 5.56 Å². The van der Waals surface area contributed by atoms with Crippen molar-refractivity contribution in [2.75, 3.05) is 0 Å². The maximum Gasteiger partial charge on any atom is 0.224 e. The highest BCUT2D eigenvalue weighted by Crippen LogP contribution is 2.28. The van der Waals surface area contributed by atoms with Crippen LogP contribution in [0.15, 0.2) is 17.9 Å². The van der Waals surface area contributed by atoms with Crippen LogP contribution in [0.2, 0.25) is 5.02 Å². The van der Waals surface area contributed by atoms with Crippen LogP contribution in [0.4, 0.5) is 0 Å². The Labute approximate surface area is 96.3 Å². The maximum atomic E-state index is 11.9. The number of rotatable bonds is 2. The lowest BCUT2D eigenvalue weighted by Gasteiger charge is -1.94. The average Bonchev–Trinajstić information content (AvgIpc) is 2.75. The second-order valence-electron chi connectivity index (χ2n) is 3.32. The van der Waals surface area contributed by atoms with Crippen molar-refractivity contribution in [3.63, 3.8) is 0 Å². The van der Waals surface area contributed by atoms with Crippen LogP contribution < -0.4 is 0 Å². The van der Waals surface area contributed by atoms with Gasteiger partial charge >= 0.3 is 0 Å². The molecule has 0 aliphatic heterocycles. The number of aromatic nitrogens is 2. The molecule has 2 aromatic rings. The molecule has 2 rings (SSSR count). The second kappa shape index (κ2) is 3.79. The van der Waals surface area contributed by atoms with E-state index in [9.17, 15) is 4.79 Å². The second-order valence-corrected chi connectivity index (χ2v) is 4.57. The fourth-order valence-electron chi connectivity index (χ4n) is 1.23. The van der Waals surface area contributed by atoms with Crippen molar-refractivity contribution in [1.29, 1.82) is 0 Å². The summed E-state index contributed by atoms with van der Waals surface area (Å²) in [6.45, 7) is 1.88. The minimum atomic E-state index is -0.112. The highest BCUT2D eigenvalue weighted by Gasteiger charge is 2.18. The van der Waals surface area contributed by atoms with Gasteiger partial charge in [0, 0.05) is 13.2 Å². The quantitative estimate of drug-likeness (QED) is 0.757. The van der Waals surface area contributed by atoms with Crippen LogP contribution in [0.3, 0.4) is 0 Å². The fraction of sp³-hybridized carbons (Fsp3) is 0.200. The van der Waals surface area contributed by atoms with Crippen LogP contribution in [0.25, 0.3) is 0 Å². The topological polar surface area (TPSA) is 34.9 Å². The Morgan fingerprint density at radius 3 is 2.80 bits per heavy atom. The summed E-state index contributed by atoms with van der Waals surface area (Å²) in [5.41, 5.74) is 1.36. The summed E-state index contributed by atoms with van der Waals surface area (Å²) < 4.78 is 1.74. The molecule has 0 atom stereocenters. The summed E-state index contributed by atoms with van der Waals surface area (Å²) in [6, 6.07) is 0. The van der Waals surface area contributed by atoms with Crippen LogP contribution >= 0.6 is 22.9 Å². The van der Waals surface area contributed by atoms with Gasteiger partial charge in [-0.05, 0) is 17.9 Å². The van der Waals surface area contributed by atoms with Crippen LogP contribution in [-0.4, -0.2) is 15.3 Å². The number of aryl methyl sites for hydroxylation is 2. The van der Waals surface area contributed by atoms with Crippen molar-refractivity contribution in [3.8, 4) is 0 Å². The average molecular weight is 241 g/mol. The molecular formula is C10H9ClN2OS. The van der Waals surface area contributed by atoms with Crippen LogP contribution in [0.1, 0.15) is 20.9 Å². The standard InChI is InChI=1S/C10H9ClN2OS/c1-6-4-15-10(8(6)11)9(14)7-3-13(2)5-12-7/h3-5H,1-2H3. The Kier molecular flexibility index (Phi) is 2.63. The molecule has 0 saturated carbocycles. The number of hydrogen-bond acceptors (Lipinski definition) is 3. The third-order valence-corrected chi connectivity index (χ3v) is 3.74. The predicted octanol–water partition coefficient (Wildman–Crippen LogP) is 2.67. The number of imidazole rings is 1. The van der Waals surface area contributed by atoms with Gasteiger partial charge in [-0.25, -0.2) is 4.98 Å². The van der Waals surface area contributed by atoms with Gasteiger partial charge < -0.3 is 4.57 Å². The molecule has 0 aromatic carbocycles. The van der Waals surface area contributed by atoms with Crippen molar-refractivity contribution in [3.05, 3.63) is 39.1 Å². The summed E-state index contributed by atoms with van der Waals surface area (Å²) in [5, 5.41) is 2.41. The van der Waals surface area contributed by atoms with E-state index in [4.69, 9.17) is 11.6 Å². The third kappa shape index (κ3) is 1.82. The SMILES string of the molecule is Cc1csc(C(=O)c2cn(C)cn2)c1Cl. The van der Waals surface area contributed by atoms with Crippen molar-refractivity contribution >= 4 is 28.7 Å². The zero-order valence-corrected chi connectivity index (χ0v) is 9.89. The zero-order valence-electron chi connectivity index (χ0n) is 8.32. The highest BCUT2D eigenvalue weighted by atomic mass is 35.5. The van der Waals surface area contributed by atoms with Crippen LogP contribution in [-0.2, 0) is 7.05 Å². The van der Waals surface area contributed by atoms with E-state index in [2.05, 4.69) is 4.98 Å². The predicted molar refractivity (Wildman–Crippen MR) is 60.7 cm³/mol. The summed E-state index contributed by atoms with van der Waals surface area (Å²) >= 11 is 7.37. The maximum absolute atomic E-state index is 11.9. The molecule has 15 heavy (non-hydrogen) atoms. The smallest absolute Gasteiger partial charge is 0.224 e. The van der Waals surface area contributed by atoms with Crippen molar-refractivity contribution in [2.45, 2.75) is 6.92 Å². The molecule has 78 valence electrons. The molecule has 0 aliphatic carbocycles. The molecule has 0 aliphatic rings. The largest absolute Gasteiger partial charge is 0.340 e. The van der Waals surface area contributed by atoms with Gasteiger partial charge in [0.25, 0.3) is 0 Å². The number of carbonyl (C=O) groups is 1. The van der Waals surface area contributed by atoms with E-state index >= 15 is 0 Å². The lowest BCUT2D eigenvalue weighted by molar-refractivity contribution is 0.103. The van der Waals surface area contributed by atoms with Gasteiger partial charge in [-0.1, -0.05) is 11.6 Å². The number of carbonyl (C=O) groups excluding carboxylic acids is 1. The van der Waals surface area contributed by atoms with Gasteiger partial charge in [-0.15, -0.1) is 11.3 Å².